The maximum atomic E-state index is 13.8. The first kappa shape index (κ1) is 28.0. The number of carbonyl (C=O) groups excluding carboxylic acids is 1. The van der Waals surface area contributed by atoms with Crippen LogP contribution in [-0.2, 0) is 19.3 Å². The molecule has 0 spiro atoms. The standard InChI is InChI=1S/C29H33BN4O5S/c1-18-9-12-21(13-10-18)40(36,37)34-17-23(20-11-14-22(19(2)15-20)27(35)33(7)8)25-26(34)31-16-24(32-25)30-38-28(3,4)29(5,6)39-30/h9-17H,1-8H3. The van der Waals surface area contributed by atoms with Gasteiger partial charge in [-0.15, -0.1) is 0 Å². The van der Waals surface area contributed by atoms with E-state index in [1.807, 2.05) is 47.6 Å². The van der Waals surface area contributed by atoms with Crippen molar-refractivity contribution in [1.82, 2.24) is 18.8 Å². The fourth-order valence-electron chi connectivity index (χ4n) is 4.59. The Hall–Kier alpha value is -3.54. The molecule has 0 bridgehead atoms. The summed E-state index contributed by atoms with van der Waals surface area (Å²) in [5, 5.41) is 0. The molecule has 0 atom stereocenters. The molecule has 40 heavy (non-hydrogen) atoms. The van der Waals surface area contributed by atoms with E-state index >= 15 is 0 Å². The molecule has 4 aromatic rings. The molecule has 1 aliphatic rings. The van der Waals surface area contributed by atoms with Gasteiger partial charge in [0.15, 0.2) is 5.65 Å². The Bertz CT molecular complexity index is 1730. The summed E-state index contributed by atoms with van der Waals surface area (Å²) in [5.74, 6) is -0.115. The normalized spacial score (nSPS) is 16.4. The third-order valence-corrected chi connectivity index (χ3v) is 9.39. The Balaban J connectivity index is 1.70. The molecular formula is C29H33BN4O5S. The number of hydrogen-bond donors (Lipinski definition) is 0. The lowest BCUT2D eigenvalue weighted by atomic mass is 9.85. The number of rotatable bonds is 5. The van der Waals surface area contributed by atoms with E-state index in [1.54, 1.807) is 50.5 Å². The first-order valence-corrected chi connectivity index (χ1v) is 14.4. The highest BCUT2D eigenvalue weighted by molar-refractivity contribution is 7.90. The Kier molecular flexibility index (Phi) is 6.68. The van der Waals surface area contributed by atoms with Gasteiger partial charge in [-0.25, -0.2) is 17.4 Å². The Morgan fingerprint density at radius 3 is 2.17 bits per heavy atom. The third kappa shape index (κ3) is 4.61. The van der Waals surface area contributed by atoms with Crippen LogP contribution in [0.4, 0.5) is 0 Å². The molecule has 0 unspecified atom stereocenters. The minimum absolute atomic E-state index is 0.115. The molecular weight excluding hydrogens is 527 g/mol. The molecule has 1 aliphatic heterocycles. The highest BCUT2D eigenvalue weighted by Crippen LogP contribution is 2.37. The number of carbonyl (C=O) groups is 1. The number of nitrogens with zero attached hydrogens (tertiary/aromatic N) is 4. The zero-order valence-corrected chi connectivity index (χ0v) is 24.8. The molecule has 3 heterocycles. The fraction of sp³-hybridized carbons (Fsp3) is 0.345. The summed E-state index contributed by atoms with van der Waals surface area (Å²) in [6, 6.07) is 12.1. The van der Waals surface area contributed by atoms with Gasteiger partial charge in [-0.3, -0.25) is 9.78 Å². The maximum Gasteiger partial charge on any atom is 0.516 e. The van der Waals surface area contributed by atoms with Gasteiger partial charge in [-0.2, -0.15) is 0 Å². The highest BCUT2D eigenvalue weighted by Gasteiger charge is 2.52. The molecule has 0 aliphatic carbocycles. The van der Waals surface area contributed by atoms with Gasteiger partial charge in [0.25, 0.3) is 15.9 Å². The molecule has 2 aromatic heterocycles. The predicted octanol–water partition coefficient (Wildman–Crippen LogP) is 3.95. The van der Waals surface area contributed by atoms with Crippen LogP contribution in [0.15, 0.2) is 59.8 Å². The second-order valence-electron chi connectivity index (χ2n) is 11.4. The summed E-state index contributed by atoms with van der Waals surface area (Å²) in [5.41, 5.74) is 3.38. The largest absolute Gasteiger partial charge is 0.516 e. The number of fused-ring (bicyclic) bond motifs is 1. The molecule has 0 N–H and O–H groups in total. The molecule has 0 saturated carbocycles. The van der Waals surface area contributed by atoms with Crippen molar-refractivity contribution >= 4 is 39.8 Å². The molecule has 11 heteroatoms. The van der Waals surface area contributed by atoms with Crippen molar-refractivity contribution in [3.63, 3.8) is 0 Å². The van der Waals surface area contributed by atoms with Crippen LogP contribution in [0.25, 0.3) is 22.3 Å². The van der Waals surface area contributed by atoms with Gasteiger partial charge in [0, 0.05) is 37.6 Å². The van der Waals surface area contributed by atoms with Gasteiger partial charge in [-0.1, -0.05) is 29.8 Å². The molecule has 9 nitrogen and oxygen atoms in total. The Labute approximate surface area is 235 Å². The van der Waals surface area contributed by atoms with Gasteiger partial charge < -0.3 is 14.2 Å². The van der Waals surface area contributed by atoms with Crippen molar-refractivity contribution < 1.29 is 22.5 Å². The zero-order chi connectivity index (χ0) is 29.2. The number of benzene rings is 2. The van der Waals surface area contributed by atoms with Crippen LogP contribution in [-0.4, -0.2) is 65.6 Å². The van der Waals surface area contributed by atoms with Gasteiger partial charge in [-0.05, 0) is 70.9 Å². The van der Waals surface area contributed by atoms with Gasteiger partial charge in [0.1, 0.15) is 5.52 Å². The smallest absolute Gasteiger partial charge is 0.398 e. The van der Waals surface area contributed by atoms with Crippen molar-refractivity contribution in [2.75, 3.05) is 14.1 Å². The molecule has 5 rings (SSSR count). The van der Waals surface area contributed by atoms with Crippen molar-refractivity contribution in [2.45, 2.75) is 57.6 Å². The van der Waals surface area contributed by atoms with E-state index in [4.69, 9.17) is 14.3 Å². The molecule has 1 fully saturated rings. The van der Waals surface area contributed by atoms with Crippen LogP contribution in [0.5, 0.6) is 0 Å². The summed E-state index contributed by atoms with van der Waals surface area (Å²) in [7, 11) is -1.36. The van der Waals surface area contributed by atoms with E-state index in [2.05, 4.69) is 4.98 Å². The quantitative estimate of drug-likeness (QED) is 0.341. The average Bonchev–Trinajstić information content (AvgIpc) is 3.37. The van der Waals surface area contributed by atoms with Crippen molar-refractivity contribution in [2.24, 2.45) is 0 Å². The minimum Gasteiger partial charge on any atom is -0.398 e. The van der Waals surface area contributed by atoms with Crippen molar-refractivity contribution in [1.29, 1.82) is 0 Å². The number of amides is 1. The van der Waals surface area contributed by atoms with Crippen LogP contribution in [0.2, 0.25) is 0 Å². The lowest BCUT2D eigenvalue weighted by molar-refractivity contribution is 0.00578. The third-order valence-electron chi connectivity index (χ3n) is 7.73. The summed E-state index contributed by atoms with van der Waals surface area (Å²) in [6.45, 7) is 11.6. The van der Waals surface area contributed by atoms with Crippen LogP contribution in [0, 0.1) is 13.8 Å². The monoisotopic (exact) mass is 560 g/mol. The SMILES string of the molecule is Cc1ccc(S(=O)(=O)n2cc(-c3ccc(C(=O)N(C)C)c(C)c3)c3nc(B4OC(C)(C)C(C)(C)O4)cnc32)cc1. The minimum atomic E-state index is -3.99. The number of hydrogen-bond acceptors (Lipinski definition) is 7. The van der Waals surface area contributed by atoms with E-state index in [0.29, 0.717) is 27.8 Å². The van der Waals surface area contributed by atoms with Crippen molar-refractivity contribution in [3.05, 3.63) is 71.5 Å². The van der Waals surface area contributed by atoms with Crippen LogP contribution >= 0.6 is 0 Å². The molecule has 0 radical (unpaired) electrons. The second-order valence-corrected chi connectivity index (χ2v) is 13.3. The van der Waals surface area contributed by atoms with Crippen LogP contribution in [0.1, 0.15) is 49.2 Å². The average molecular weight is 560 g/mol. The van der Waals surface area contributed by atoms with Crippen LogP contribution < -0.4 is 5.59 Å². The summed E-state index contributed by atoms with van der Waals surface area (Å²) < 4.78 is 41.1. The van der Waals surface area contributed by atoms with Gasteiger partial charge in [0.05, 0.1) is 21.7 Å². The van der Waals surface area contributed by atoms with E-state index < -0.39 is 28.3 Å². The summed E-state index contributed by atoms with van der Waals surface area (Å²) in [4.78, 5) is 23.7. The van der Waals surface area contributed by atoms with Gasteiger partial charge in [0.2, 0.25) is 0 Å². The maximum absolute atomic E-state index is 13.8. The summed E-state index contributed by atoms with van der Waals surface area (Å²) >= 11 is 0. The molecule has 208 valence electrons. The second kappa shape index (κ2) is 9.54. The first-order valence-electron chi connectivity index (χ1n) is 13.0. The summed E-state index contributed by atoms with van der Waals surface area (Å²) in [6.07, 6.45) is 3.04. The lowest BCUT2D eigenvalue weighted by Crippen LogP contribution is -2.41. The highest BCUT2D eigenvalue weighted by atomic mass is 32.2. The number of aryl methyl sites for hydroxylation is 2. The topological polar surface area (TPSA) is 104 Å². The Morgan fingerprint density at radius 1 is 0.975 bits per heavy atom. The predicted molar refractivity (Wildman–Crippen MR) is 155 cm³/mol. The molecule has 1 saturated heterocycles. The van der Waals surface area contributed by atoms with E-state index in [1.165, 1.54) is 17.3 Å². The van der Waals surface area contributed by atoms with Gasteiger partial charge >= 0.3 is 7.12 Å². The van der Waals surface area contributed by atoms with Crippen LogP contribution in [0.3, 0.4) is 0 Å². The Morgan fingerprint density at radius 2 is 1.60 bits per heavy atom. The first-order chi connectivity index (χ1) is 18.6. The van der Waals surface area contributed by atoms with E-state index in [9.17, 15) is 13.2 Å². The van der Waals surface area contributed by atoms with E-state index in [0.717, 1.165) is 15.1 Å². The number of aromatic nitrogens is 3. The zero-order valence-electron chi connectivity index (χ0n) is 24.0. The molecule has 2 aromatic carbocycles. The van der Waals surface area contributed by atoms with Crippen molar-refractivity contribution in [3.8, 4) is 11.1 Å². The lowest BCUT2D eigenvalue weighted by Gasteiger charge is -2.32. The molecule has 1 amide bonds. The van der Waals surface area contributed by atoms with E-state index in [-0.39, 0.29) is 16.4 Å². The fourth-order valence-corrected chi connectivity index (χ4v) is 5.90.